The summed E-state index contributed by atoms with van der Waals surface area (Å²) in [7, 11) is 0. The first-order chi connectivity index (χ1) is 12.7. The lowest BCUT2D eigenvalue weighted by atomic mass is 10.2. The minimum atomic E-state index is 0.562. The molecule has 1 heterocycles. The molecule has 0 amide bonds. The van der Waals surface area contributed by atoms with Crippen LogP contribution in [-0.2, 0) is 6.54 Å². The van der Waals surface area contributed by atoms with E-state index in [4.69, 9.17) is 23.2 Å². The highest BCUT2D eigenvalue weighted by atomic mass is 35.5. The number of aliphatic imine (C=N–C) groups is 1. The molecule has 3 nitrogen and oxygen atoms in total. The number of halogens is 2. The van der Waals surface area contributed by atoms with E-state index in [9.17, 15) is 0 Å². The summed E-state index contributed by atoms with van der Waals surface area (Å²) in [6, 6.07) is 23.6. The highest BCUT2D eigenvalue weighted by molar-refractivity contribution is 6.36. The summed E-state index contributed by atoms with van der Waals surface area (Å²) in [6.45, 7) is 0.697. The molecule has 128 valence electrons. The van der Waals surface area contributed by atoms with Gasteiger partial charge in [-0.2, -0.15) is 0 Å². The quantitative estimate of drug-likeness (QED) is 0.391. The molecule has 1 aromatic heterocycles. The summed E-state index contributed by atoms with van der Waals surface area (Å²) in [5.74, 6) is 0.640. The molecule has 0 saturated heterocycles. The summed E-state index contributed by atoms with van der Waals surface area (Å²) in [6.07, 6.45) is 1.72. The molecule has 0 aliphatic carbocycles. The van der Waals surface area contributed by atoms with E-state index >= 15 is 0 Å². The van der Waals surface area contributed by atoms with Gasteiger partial charge < -0.3 is 4.57 Å². The second-order valence-electron chi connectivity index (χ2n) is 5.90. The van der Waals surface area contributed by atoms with Crippen molar-refractivity contribution >= 4 is 46.4 Å². The van der Waals surface area contributed by atoms with Gasteiger partial charge in [0.2, 0.25) is 5.95 Å². The Kier molecular flexibility index (Phi) is 4.74. The van der Waals surface area contributed by atoms with Crippen molar-refractivity contribution in [3.63, 3.8) is 0 Å². The number of hydrogen-bond donors (Lipinski definition) is 0. The number of benzene rings is 3. The first kappa shape index (κ1) is 16.8. The maximum Gasteiger partial charge on any atom is 0.230 e. The third kappa shape index (κ3) is 3.50. The second kappa shape index (κ2) is 7.32. The zero-order valence-corrected chi connectivity index (χ0v) is 15.3. The molecule has 0 bridgehead atoms. The van der Waals surface area contributed by atoms with Crippen LogP contribution >= 0.6 is 23.2 Å². The lowest BCUT2D eigenvalue weighted by molar-refractivity contribution is 0.827. The standard InChI is InChI=1S/C21H15Cl2N3/c22-17-11-10-16(18(23)12-17)13-24-21-25-19-8-4-5-9-20(19)26(21)14-15-6-2-1-3-7-15/h1-13H,14H2/b24-13+. The fourth-order valence-electron chi connectivity index (χ4n) is 2.82. The van der Waals surface area contributed by atoms with Gasteiger partial charge in [0, 0.05) is 16.8 Å². The molecule has 0 aliphatic heterocycles. The maximum absolute atomic E-state index is 6.24. The van der Waals surface area contributed by atoms with E-state index in [1.54, 1.807) is 18.3 Å². The van der Waals surface area contributed by atoms with Crippen LogP contribution in [0.1, 0.15) is 11.1 Å². The van der Waals surface area contributed by atoms with Crippen molar-refractivity contribution in [1.82, 2.24) is 9.55 Å². The van der Waals surface area contributed by atoms with Crippen LogP contribution in [-0.4, -0.2) is 15.8 Å². The molecule has 4 aromatic rings. The monoisotopic (exact) mass is 379 g/mol. The van der Waals surface area contributed by atoms with Crippen LogP contribution in [0.4, 0.5) is 5.95 Å². The lowest BCUT2D eigenvalue weighted by Gasteiger charge is -2.07. The lowest BCUT2D eigenvalue weighted by Crippen LogP contribution is -1.99. The first-order valence-corrected chi connectivity index (χ1v) is 8.94. The topological polar surface area (TPSA) is 30.2 Å². The fraction of sp³-hybridized carbons (Fsp3) is 0.0476. The highest BCUT2D eigenvalue weighted by Gasteiger charge is 2.10. The van der Waals surface area contributed by atoms with Crippen LogP contribution in [0.2, 0.25) is 10.0 Å². The molecule has 0 saturated carbocycles. The van der Waals surface area contributed by atoms with Crippen molar-refractivity contribution in [2.24, 2.45) is 4.99 Å². The average molecular weight is 380 g/mol. The summed E-state index contributed by atoms with van der Waals surface area (Å²) in [4.78, 5) is 9.27. The van der Waals surface area contributed by atoms with Gasteiger partial charge >= 0.3 is 0 Å². The second-order valence-corrected chi connectivity index (χ2v) is 6.74. The van der Waals surface area contributed by atoms with Crippen LogP contribution in [0.5, 0.6) is 0 Å². The average Bonchev–Trinajstić information content (AvgIpc) is 3.00. The number of fused-ring (bicyclic) bond motifs is 1. The van der Waals surface area contributed by atoms with Crippen LogP contribution in [0.3, 0.4) is 0 Å². The molecule has 0 spiro atoms. The highest BCUT2D eigenvalue weighted by Crippen LogP contribution is 2.24. The molecule has 0 fully saturated rings. The van der Waals surface area contributed by atoms with Crippen LogP contribution in [0.25, 0.3) is 11.0 Å². The number of aromatic nitrogens is 2. The van der Waals surface area contributed by atoms with Crippen LogP contribution < -0.4 is 0 Å². The van der Waals surface area contributed by atoms with E-state index in [1.807, 2.05) is 42.5 Å². The Labute approximate surface area is 161 Å². The summed E-state index contributed by atoms with van der Waals surface area (Å²) >= 11 is 12.2. The molecule has 0 aliphatic rings. The van der Waals surface area contributed by atoms with Crippen molar-refractivity contribution in [2.45, 2.75) is 6.54 Å². The maximum atomic E-state index is 6.24. The van der Waals surface area contributed by atoms with E-state index in [-0.39, 0.29) is 0 Å². The van der Waals surface area contributed by atoms with Gasteiger partial charge in [-0.3, -0.25) is 0 Å². The Morgan fingerprint density at radius 3 is 2.50 bits per heavy atom. The molecule has 26 heavy (non-hydrogen) atoms. The van der Waals surface area contributed by atoms with Gasteiger partial charge in [0.1, 0.15) is 0 Å². The van der Waals surface area contributed by atoms with Gasteiger partial charge in [-0.1, -0.05) is 71.7 Å². The zero-order valence-electron chi connectivity index (χ0n) is 13.8. The molecule has 5 heteroatoms. The third-order valence-corrected chi connectivity index (χ3v) is 4.66. The van der Waals surface area contributed by atoms with Gasteiger partial charge in [0.15, 0.2) is 0 Å². The van der Waals surface area contributed by atoms with Gasteiger partial charge in [-0.05, 0) is 29.8 Å². The number of imidazole rings is 1. The minimum absolute atomic E-state index is 0.562. The van der Waals surface area contributed by atoms with Crippen molar-refractivity contribution in [3.8, 4) is 0 Å². The third-order valence-electron chi connectivity index (χ3n) is 4.10. The summed E-state index contributed by atoms with van der Waals surface area (Å²) < 4.78 is 2.10. The van der Waals surface area contributed by atoms with Crippen LogP contribution in [0, 0.1) is 0 Å². The normalized spacial score (nSPS) is 11.5. The molecular weight excluding hydrogens is 365 g/mol. The SMILES string of the molecule is Clc1ccc(/C=N/c2nc3ccccc3n2Cc2ccccc2)c(Cl)c1. The van der Waals surface area contributed by atoms with E-state index in [0.717, 1.165) is 16.6 Å². The molecular formula is C21H15Cl2N3. The Morgan fingerprint density at radius 1 is 0.923 bits per heavy atom. The van der Waals surface area contributed by atoms with Gasteiger partial charge in [0.25, 0.3) is 0 Å². The van der Waals surface area contributed by atoms with Crippen molar-refractivity contribution in [3.05, 3.63) is 94.0 Å². The Morgan fingerprint density at radius 2 is 1.69 bits per heavy atom. The predicted molar refractivity (Wildman–Crippen MR) is 109 cm³/mol. The van der Waals surface area contributed by atoms with E-state index in [1.165, 1.54) is 5.56 Å². The van der Waals surface area contributed by atoms with Crippen molar-refractivity contribution in [1.29, 1.82) is 0 Å². The van der Waals surface area contributed by atoms with Crippen LogP contribution in [0.15, 0.2) is 77.8 Å². The van der Waals surface area contributed by atoms with Crippen molar-refractivity contribution in [2.75, 3.05) is 0 Å². The molecule has 0 radical (unpaired) electrons. The van der Waals surface area contributed by atoms with Gasteiger partial charge in [-0.25, -0.2) is 9.98 Å². The largest absolute Gasteiger partial charge is 0.304 e. The molecule has 3 aromatic carbocycles. The minimum Gasteiger partial charge on any atom is -0.304 e. The van der Waals surface area contributed by atoms with E-state index in [0.29, 0.717) is 22.5 Å². The molecule has 4 rings (SSSR count). The summed E-state index contributed by atoms with van der Waals surface area (Å²) in [5.41, 5.74) is 3.95. The number of para-hydroxylation sites is 2. The predicted octanol–water partition coefficient (Wildman–Crippen LogP) is 6.14. The van der Waals surface area contributed by atoms with Crippen molar-refractivity contribution < 1.29 is 0 Å². The number of nitrogens with zero attached hydrogens (tertiary/aromatic N) is 3. The van der Waals surface area contributed by atoms with Gasteiger partial charge in [0.05, 0.1) is 22.6 Å². The van der Waals surface area contributed by atoms with E-state index in [2.05, 4.69) is 32.7 Å². The number of hydrogen-bond acceptors (Lipinski definition) is 2. The Bertz CT molecular complexity index is 1090. The number of rotatable bonds is 4. The Balaban J connectivity index is 1.76. The first-order valence-electron chi connectivity index (χ1n) is 8.19. The van der Waals surface area contributed by atoms with Gasteiger partial charge in [-0.15, -0.1) is 0 Å². The smallest absolute Gasteiger partial charge is 0.230 e. The molecule has 0 unspecified atom stereocenters. The van der Waals surface area contributed by atoms with E-state index < -0.39 is 0 Å². The summed E-state index contributed by atoms with van der Waals surface area (Å²) in [5, 5.41) is 1.16. The fourth-order valence-corrected chi connectivity index (χ4v) is 3.27. The zero-order chi connectivity index (χ0) is 17.9. The molecule has 0 N–H and O–H groups in total. The molecule has 0 atom stereocenters. The Hall–Kier alpha value is -2.62.